The summed E-state index contributed by atoms with van der Waals surface area (Å²) < 4.78 is 83.9. The summed E-state index contributed by atoms with van der Waals surface area (Å²) in [5.74, 6) is -3.01. The molecule has 0 saturated carbocycles. The zero-order chi connectivity index (χ0) is 24.8. The first-order valence-electron chi connectivity index (χ1n) is 9.92. The zero-order valence-electron chi connectivity index (χ0n) is 17.2. The van der Waals surface area contributed by atoms with Gasteiger partial charge < -0.3 is 26.1 Å². The maximum absolute atomic E-state index is 13.3. The molecule has 0 aromatic carbocycles. The van der Waals surface area contributed by atoms with Crippen molar-refractivity contribution >= 4 is 34.3 Å². The highest BCUT2D eigenvalue weighted by molar-refractivity contribution is 6.15. The van der Waals surface area contributed by atoms with Gasteiger partial charge in [-0.3, -0.25) is 14.8 Å². The molecule has 1 unspecified atom stereocenters. The number of pyridine rings is 2. The van der Waals surface area contributed by atoms with Crippen LogP contribution in [0, 0.1) is 5.92 Å². The minimum atomic E-state index is -4.68. The Balaban J connectivity index is 1.64. The lowest BCUT2D eigenvalue weighted by molar-refractivity contribution is -0.177. The van der Waals surface area contributed by atoms with E-state index in [0.717, 1.165) is 0 Å². The fourth-order valence-electron chi connectivity index (χ4n) is 3.89. The topological polar surface area (TPSA) is 123 Å². The molecule has 0 aliphatic carbocycles. The molecular weight excluding hydrogens is 470 g/mol. The molecule has 0 bridgehead atoms. The Morgan fingerprint density at radius 2 is 1.91 bits per heavy atom. The number of anilines is 3. The van der Waals surface area contributed by atoms with Crippen molar-refractivity contribution in [2.75, 3.05) is 29.0 Å². The first-order valence-corrected chi connectivity index (χ1v) is 9.92. The Kier molecular flexibility index (Phi) is 5.79. The van der Waals surface area contributed by atoms with Crippen LogP contribution >= 0.6 is 0 Å². The van der Waals surface area contributed by atoms with Crippen molar-refractivity contribution in [3.63, 3.8) is 0 Å². The Morgan fingerprint density at radius 3 is 2.59 bits per heavy atom. The average Bonchev–Trinajstić information content (AvgIpc) is 3.07. The number of carbonyl (C=O) groups excluding carboxylic acids is 1. The molecule has 0 radical (unpaired) electrons. The van der Waals surface area contributed by atoms with Crippen molar-refractivity contribution in [2.24, 2.45) is 11.7 Å². The number of amides is 1. The Labute approximate surface area is 187 Å². The smallest absolute Gasteiger partial charge is 0.418 e. The van der Waals surface area contributed by atoms with Gasteiger partial charge in [-0.15, -0.1) is 0 Å². The molecule has 182 valence electrons. The molecule has 3 aromatic rings. The quantitative estimate of drug-likeness (QED) is 0.480. The number of nitrogens with two attached hydrogens (primary N) is 2. The normalized spacial score (nSPS) is 19.4. The fourth-order valence-corrected chi connectivity index (χ4v) is 3.89. The van der Waals surface area contributed by atoms with E-state index in [-0.39, 0.29) is 47.5 Å². The van der Waals surface area contributed by atoms with Crippen LogP contribution in [-0.4, -0.2) is 41.2 Å². The van der Waals surface area contributed by atoms with E-state index in [2.05, 4.69) is 15.3 Å². The molecule has 0 spiro atoms. The number of halogens is 6. The summed E-state index contributed by atoms with van der Waals surface area (Å²) >= 11 is 0. The first-order chi connectivity index (χ1) is 15.8. The summed E-state index contributed by atoms with van der Waals surface area (Å²) in [5.41, 5.74) is 9.90. The summed E-state index contributed by atoms with van der Waals surface area (Å²) in [6.07, 6.45) is -6.25. The van der Waals surface area contributed by atoms with Gasteiger partial charge in [-0.2, -0.15) is 26.3 Å². The van der Waals surface area contributed by atoms with E-state index >= 15 is 0 Å². The SMILES string of the molecule is Nc1oc2cc(C(F)(F)F)cnc2c1C(=O)Nc1cnccc1N1CC(C(F)(F)F)C[C@H](N)C1. The number of fused-ring (bicyclic) bond motifs is 1. The van der Waals surface area contributed by atoms with Gasteiger partial charge in [0.05, 0.1) is 29.1 Å². The zero-order valence-corrected chi connectivity index (χ0v) is 17.2. The number of hydrogen-bond donors (Lipinski definition) is 3. The molecule has 4 heterocycles. The van der Waals surface area contributed by atoms with Gasteiger partial charge >= 0.3 is 12.4 Å². The van der Waals surface area contributed by atoms with Crippen molar-refractivity contribution in [2.45, 2.75) is 24.8 Å². The molecule has 5 N–H and O–H groups in total. The molecule has 4 rings (SSSR count). The molecule has 1 amide bonds. The van der Waals surface area contributed by atoms with Gasteiger partial charge in [-0.05, 0) is 18.6 Å². The third-order valence-corrected chi connectivity index (χ3v) is 5.44. The lowest BCUT2D eigenvalue weighted by Gasteiger charge is -2.39. The van der Waals surface area contributed by atoms with Gasteiger partial charge in [0, 0.05) is 31.5 Å². The maximum atomic E-state index is 13.3. The van der Waals surface area contributed by atoms with Crippen LogP contribution in [0.2, 0.25) is 0 Å². The maximum Gasteiger partial charge on any atom is 0.418 e. The molecule has 1 saturated heterocycles. The van der Waals surface area contributed by atoms with Crippen molar-refractivity contribution in [1.82, 2.24) is 9.97 Å². The number of alkyl halides is 6. The predicted molar refractivity (Wildman–Crippen MR) is 110 cm³/mol. The second-order valence-electron chi connectivity index (χ2n) is 7.90. The molecule has 1 aliphatic heterocycles. The van der Waals surface area contributed by atoms with Crippen LogP contribution in [0.4, 0.5) is 43.6 Å². The first kappa shape index (κ1) is 23.6. The highest BCUT2D eigenvalue weighted by atomic mass is 19.4. The number of hydrogen-bond acceptors (Lipinski definition) is 7. The van der Waals surface area contributed by atoms with E-state index in [1.54, 1.807) is 0 Å². The van der Waals surface area contributed by atoms with Crippen LogP contribution in [0.15, 0.2) is 35.1 Å². The highest BCUT2D eigenvalue weighted by Gasteiger charge is 2.44. The summed E-state index contributed by atoms with van der Waals surface area (Å²) in [6.45, 7) is -0.263. The molecule has 1 aliphatic rings. The predicted octanol–water partition coefficient (Wildman–Crippen LogP) is 3.79. The summed E-state index contributed by atoms with van der Waals surface area (Å²) in [4.78, 5) is 21.9. The van der Waals surface area contributed by atoms with Gasteiger partial charge in [-0.25, -0.2) is 0 Å². The standard InChI is InChI=1S/C20H18F6N6O2/c21-19(22,23)9-4-14-16(30-5-9)15(17(28)34-14)18(33)31-12-6-29-2-1-13(12)32-7-10(20(24,25)26)3-11(27)8-32/h1-2,4-6,10-11H,3,7-8,27-28H2,(H,31,33)/t10?,11-/m0/s1. The summed E-state index contributed by atoms with van der Waals surface area (Å²) in [6, 6.07) is 1.33. The molecule has 1 fully saturated rings. The van der Waals surface area contributed by atoms with Crippen molar-refractivity contribution in [3.8, 4) is 0 Å². The molecule has 8 nitrogen and oxygen atoms in total. The highest BCUT2D eigenvalue weighted by Crippen LogP contribution is 2.37. The Hall–Kier alpha value is -3.55. The Bertz CT molecular complexity index is 1220. The van der Waals surface area contributed by atoms with Gasteiger partial charge in [0.15, 0.2) is 5.58 Å². The van der Waals surface area contributed by atoms with E-state index in [0.29, 0.717) is 12.3 Å². The minimum Gasteiger partial charge on any atom is -0.438 e. The van der Waals surface area contributed by atoms with E-state index < -0.39 is 41.7 Å². The molecule has 34 heavy (non-hydrogen) atoms. The van der Waals surface area contributed by atoms with Gasteiger partial charge in [0.25, 0.3) is 5.91 Å². The average molecular weight is 488 g/mol. The van der Waals surface area contributed by atoms with E-state index in [9.17, 15) is 31.1 Å². The third-order valence-electron chi connectivity index (χ3n) is 5.44. The second-order valence-corrected chi connectivity index (χ2v) is 7.90. The molecule has 14 heteroatoms. The van der Waals surface area contributed by atoms with Crippen LogP contribution in [0.1, 0.15) is 22.3 Å². The number of furan rings is 1. The third kappa shape index (κ3) is 4.58. The number of nitrogens with one attached hydrogen (secondary N) is 1. The molecule has 2 atom stereocenters. The van der Waals surface area contributed by atoms with E-state index in [1.165, 1.54) is 23.4 Å². The summed E-state index contributed by atoms with van der Waals surface area (Å²) in [5, 5.41) is 2.49. The van der Waals surface area contributed by atoms with Crippen molar-refractivity contribution in [3.05, 3.63) is 41.9 Å². The number of rotatable bonds is 3. The van der Waals surface area contributed by atoms with E-state index in [4.69, 9.17) is 15.9 Å². The van der Waals surface area contributed by atoms with E-state index in [1.807, 2.05) is 0 Å². The van der Waals surface area contributed by atoms with Crippen molar-refractivity contribution < 1.29 is 35.6 Å². The number of piperidine rings is 1. The Morgan fingerprint density at radius 1 is 1.18 bits per heavy atom. The van der Waals surface area contributed by atoms with Gasteiger partial charge in [0.2, 0.25) is 5.88 Å². The number of aromatic nitrogens is 2. The monoisotopic (exact) mass is 488 g/mol. The molecular formula is C20H18F6N6O2. The lowest BCUT2D eigenvalue weighted by atomic mass is 9.93. The number of nitrogens with zero attached hydrogens (tertiary/aromatic N) is 3. The van der Waals surface area contributed by atoms with Crippen LogP contribution < -0.4 is 21.7 Å². The minimum absolute atomic E-state index is 0.0585. The number of carbonyl (C=O) groups is 1. The van der Waals surface area contributed by atoms with Crippen LogP contribution in [0.25, 0.3) is 11.1 Å². The molecule has 3 aromatic heterocycles. The van der Waals surface area contributed by atoms with Crippen LogP contribution in [-0.2, 0) is 6.18 Å². The fraction of sp³-hybridized carbons (Fsp3) is 0.350. The van der Waals surface area contributed by atoms with Gasteiger partial charge in [0.1, 0.15) is 11.1 Å². The van der Waals surface area contributed by atoms with Gasteiger partial charge in [-0.1, -0.05) is 0 Å². The lowest BCUT2D eigenvalue weighted by Crippen LogP contribution is -2.51. The summed E-state index contributed by atoms with van der Waals surface area (Å²) in [7, 11) is 0. The van der Waals surface area contributed by atoms with Crippen molar-refractivity contribution in [1.29, 1.82) is 0 Å². The number of nitrogen functional groups attached to an aromatic ring is 1. The largest absolute Gasteiger partial charge is 0.438 e. The van der Waals surface area contributed by atoms with Crippen LogP contribution in [0.3, 0.4) is 0 Å². The van der Waals surface area contributed by atoms with Crippen LogP contribution in [0.5, 0.6) is 0 Å². The second kappa shape index (κ2) is 8.34.